The highest BCUT2D eigenvalue weighted by molar-refractivity contribution is 7.92. The molecule has 27 heavy (non-hydrogen) atoms. The monoisotopic (exact) mass is 384 g/mol. The van der Waals surface area contributed by atoms with Gasteiger partial charge in [-0.2, -0.15) is 0 Å². The van der Waals surface area contributed by atoms with E-state index >= 15 is 0 Å². The molecule has 0 atom stereocenters. The Bertz CT molecular complexity index is 1030. The SMILES string of the molecule is CN(c1ccc(C(=O)Nc2ccc(F)cc2)cc1)S(=O)(=O)c1ccccc1. The van der Waals surface area contributed by atoms with Crippen LogP contribution in [0, 0.1) is 5.82 Å². The van der Waals surface area contributed by atoms with Crippen molar-refractivity contribution < 1.29 is 17.6 Å². The van der Waals surface area contributed by atoms with Crippen molar-refractivity contribution in [3.63, 3.8) is 0 Å². The molecule has 0 aliphatic carbocycles. The van der Waals surface area contributed by atoms with Crippen molar-refractivity contribution in [2.75, 3.05) is 16.7 Å². The lowest BCUT2D eigenvalue weighted by molar-refractivity contribution is 0.102. The summed E-state index contributed by atoms with van der Waals surface area (Å²) in [6, 6.07) is 19.7. The lowest BCUT2D eigenvalue weighted by atomic mass is 10.2. The molecule has 138 valence electrons. The summed E-state index contributed by atoms with van der Waals surface area (Å²) in [5.41, 5.74) is 1.25. The topological polar surface area (TPSA) is 66.5 Å². The summed E-state index contributed by atoms with van der Waals surface area (Å²) in [6.45, 7) is 0. The molecule has 3 aromatic rings. The number of hydrogen-bond donors (Lipinski definition) is 1. The van der Waals surface area contributed by atoms with E-state index in [2.05, 4.69) is 5.32 Å². The van der Waals surface area contributed by atoms with Crippen LogP contribution >= 0.6 is 0 Å². The maximum Gasteiger partial charge on any atom is 0.264 e. The maximum absolute atomic E-state index is 12.9. The van der Waals surface area contributed by atoms with E-state index < -0.39 is 10.0 Å². The fourth-order valence-corrected chi connectivity index (χ4v) is 3.67. The van der Waals surface area contributed by atoms with E-state index in [1.165, 1.54) is 55.6 Å². The van der Waals surface area contributed by atoms with Crippen LogP contribution in [0.2, 0.25) is 0 Å². The van der Waals surface area contributed by atoms with E-state index in [1.807, 2.05) is 0 Å². The molecular weight excluding hydrogens is 367 g/mol. The average Bonchev–Trinajstić information content (AvgIpc) is 2.70. The minimum absolute atomic E-state index is 0.186. The predicted octanol–water partition coefficient (Wildman–Crippen LogP) is 3.90. The van der Waals surface area contributed by atoms with Crippen LogP contribution in [0.3, 0.4) is 0 Å². The van der Waals surface area contributed by atoms with E-state index in [4.69, 9.17) is 0 Å². The van der Waals surface area contributed by atoms with Gasteiger partial charge in [-0.3, -0.25) is 9.10 Å². The van der Waals surface area contributed by atoms with Crippen molar-refractivity contribution in [1.82, 2.24) is 0 Å². The van der Waals surface area contributed by atoms with Gasteiger partial charge in [-0.15, -0.1) is 0 Å². The lowest BCUT2D eigenvalue weighted by Crippen LogP contribution is -2.26. The molecule has 1 N–H and O–H groups in total. The molecule has 7 heteroatoms. The zero-order valence-corrected chi connectivity index (χ0v) is 15.3. The highest BCUT2D eigenvalue weighted by atomic mass is 32.2. The normalized spacial score (nSPS) is 11.0. The molecule has 3 rings (SSSR count). The zero-order valence-electron chi connectivity index (χ0n) is 14.5. The van der Waals surface area contributed by atoms with Crippen molar-refractivity contribution >= 4 is 27.3 Å². The van der Waals surface area contributed by atoms with Gasteiger partial charge in [0, 0.05) is 18.3 Å². The molecule has 0 aromatic heterocycles. The Morgan fingerprint density at radius 2 is 1.48 bits per heavy atom. The molecule has 1 amide bonds. The number of amides is 1. The van der Waals surface area contributed by atoms with Crippen LogP contribution in [0.1, 0.15) is 10.4 Å². The van der Waals surface area contributed by atoms with Crippen molar-refractivity contribution in [3.8, 4) is 0 Å². The minimum Gasteiger partial charge on any atom is -0.322 e. The highest BCUT2D eigenvalue weighted by Gasteiger charge is 2.21. The van der Waals surface area contributed by atoms with Gasteiger partial charge in [0.05, 0.1) is 10.6 Å². The van der Waals surface area contributed by atoms with Crippen LogP contribution in [-0.4, -0.2) is 21.4 Å². The Hall–Kier alpha value is -3.19. The van der Waals surface area contributed by atoms with Gasteiger partial charge >= 0.3 is 0 Å². The van der Waals surface area contributed by atoms with E-state index in [9.17, 15) is 17.6 Å². The Kier molecular flexibility index (Phi) is 5.23. The molecule has 5 nitrogen and oxygen atoms in total. The molecule has 0 fully saturated rings. The van der Waals surface area contributed by atoms with Gasteiger partial charge in [-0.05, 0) is 60.7 Å². The number of hydrogen-bond acceptors (Lipinski definition) is 3. The van der Waals surface area contributed by atoms with Gasteiger partial charge in [0.1, 0.15) is 5.82 Å². The second kappa shape index (κ2) is 7.59. The van der Waals surface area contributed by atoms with Gasteiger partial charge in [-0.1, -0.05) is 18.2 Å². The molecule has 0 saturated heterocycles. The predicted molar refractivity (Wildman–Crippen MR) is 103 cm³/mol. The van der Waals surface area contributed by atoms with Crippen LogP contribution in [0.4, 0.5) is 15.8 Å². The van der Waals surface area contributed by atoms with Crippen molar-refractivity contribution in [3.05, 3.63) is 90.2 Å². The fraction of sp³-hybridized carbons (Fsp3) is 0.0500. The smallest absolute Gasteiger partial charge is 0.264 e. The average molecular weight is 384 g/mol. The number of nitrogens with one attached hydrogen (secondary N) is 1. The van der Waals surface area contributed by atoms with Crippen LogP contribution in [0.15, 0.2) is 83.8 Å². The fourth-order valence-electron chi connectivity index (χ4n) is 2.45. The molecule has 0 unspecified atom stereocenters. The highest BCUT2D eigenvalue weighted by Crippen LogP contribution is 2.22. The number of benzene rings is 3. The van der Waals surface area contributed by atoms with E-state index in [1.54, 1.807) is 30.3 Å². The van der Waals surface area contributed by atoms with E-state index in [-0.39, 0.29) is 16.6 Å². The van der Waals surface area contributed by atoms with Gasteiger partial charge in [0.2, 0.25) is 0 Å². The summed E-state index contributed by atoms with van der Waals surface area (Å²) in [5, 5.41) is 2.65. The molecule has 0 aliphatic rings. The Morgan fingerprint density at radius 3 is 2.07 bits per heavy atom. The van der Waals surface area contributed by atoms with Crippen molar-refractivity contribution in [1.29, 1.82) is 0 Å². The van der Waals surface area contributed by atoms with E-state index in [0.717, 1.165) is 4.31 Å². The summed E-state index contributed by atoms with van der Waals surface area (Å²) < 4.78 is 39.3. The summed E-state index contributed by atoms with van der Waals surface area (Å²) in [6.07, 6.45) is 0. The molecule has 0 saturated carbocycles. The third-order valence-electron chi connectivity index (χ3n) is 4.00. The molecule has 0 aliphatic heterocycles. The first-order chi connectivity index (χ1) is 12.9. The van der Waals surface area contributed by atoms with Crippen LogP contribution in [0.25, 0.3) is 0 Å². The summed E-state index contributed by atoms with van der Waals surface area (Å²) in [7, 11) is -2.23. The molecule has 0 heterocycles. The standard InChI is InChI=1S/C20H17FN2O3S/c1-23(27(25,26)19-5-3-2-4-6-19)18-13-7-15(8-14-18)20(24)22-17-11-9-16(21)10-12-17/h2-14H,1H3,(H,22,24). The Labute approximate surface area is 157 Å². The summed E-state index contributed by atoms with van der Waals surface area (Å²) in [5.74, 6) is -0.762. The Balaban J connectivity index is 1.76. The third kappa shape index (κ3) is 4.15. The molecule has 0 radical (unpaired) electrons. The number of nitrogens with zero attached hydrogens (tertiary/aromatic N) is 1. The maximum atomic E-state index is 12.9. The zero-order chi connectivity index (χ0) is 19.4. The number of sulfonamides is 1. The minimum atomic E-state index is -3.68. The summed E-state index contributed by atoms with van der Waals surface area (Å²) in [4.78, 5) is 12.4. The molecule has 0 spiro atoms. The third-order valence-corrected chi connectivity index (χ3v) is 5.80. The van der Waals surface area contributed by atoms with Gasteiger partial charge in [-0.25, -0.2) is 12.8 Å². The first-order valence-corrected chi connectivity index (χ1v) is 9.53. The number of carbonyl (C=O) groups is 1. The Morgan fingerprint density at radius 1 is 0.889 bits per heavy atom. The van der Waals surface area contributed by atoms with Gasteiger partial charge in [0.25, 0.3) is 15.9 Å². The second-order valence-electron chi connectivity index (χ2n) is 5.79. The molecule has 0 bridgehead atoms. The lowest BCUT2D eigenvalue weighted by Gasteiger charge is -2.19. The molecule has 3 aromatic carbocycles. The van der Waals surface area contributed by atoms with Crippen LogP contribution in [0.5, 0.6) is 0 Å². The first kappa shape index (κ1) is 18.6. The van der Waals surface area contributed by atoms with Crippen molar-refractivity contribution in [2.45, 2.75) is 4.90 Å². The largest absolute Gasteiger partial charge is 0.322 e. The number of carbonyl (C=O) groups excluding carboxylic acids is 1. The second-order valence-corrected chi connectivity index (χ2v) is 7.76. The van der Waals surface area contributed by atoms with E-state index in [0.29, 0.717) is 16.9 Å². The van der Waals surface area contributed by atoms with Crippen LogP contribution < -0.4 is 9.62 Å². The number of rotatable bonds is 5. The van der Waals surface area contributed by atoms with Crippen LogP contribution in [-0.2, 0) is 10.0 Å². The molecular formula is C20H17FN2O3S. The first-order valence-electron chi connectivity index (χ1n) is 8.09. The van der Waals surface area contributed by atoms with Gasteiger partial charge < -0.3 is 5.32 Å². The quantitative estimate of drug-likeness (QED) is 0.725. The number of halogens is 1. The van der Waals surface area contributed by atoms with Crippen molar-refractivity contribution in [2.24, 2.45) is 0 Å². The number of anilines is 2. The van der Waals surface area contributed by atoms with Gasteiger partial charge in [0.15, 0.2) is 0 Å². The summed E-state index contributed by atoms with van der Waals surface area (Å²) >= 11 is 0.